The van der Waals surface area contributed by atoms with Gasteiger partial charge in [-0.15, -0.1) is 0 Å². The quantitative estimate of drug-likeness (QED) is 0.742. The second kappa shape index (κ2) is 6.06. The molecular formula is C11H22N2O3. The van der Waals surface area contributed by atoms with Gasteiger partial charge in [-0.05, 0) is 26.7 Å². The van der Waals surface area contributed by atoms with Crippen LogP contribution in [0.2, 0.25) is 0 Å². The molecule has 0 radical (unpaired) electrons. The summed E-state index contributed by atoms with van der Waals surface area (Å²) >= 11 is 0. The third kappa shape index (κ3) is 3.09. The number of ether oxygens (including phenoxy) is 1. The van der Waals surface area contributed by atoms with E-state index >= 15 is 0 Å². The van der Waals surface area contributed by atoms with Crippen LogP contribution in [-0.2, 0) is 4.74 Å². The van der Waals surface area contributed by atoms with E-state index in [0.717, 1.165) is 0 Å². The molecule has 0 spiro atoms. The third-order valence-electron chi connectivity index (χ3n) is 3.18. The standard InChI is InChI=1S/C11H22N2O3/c1-3-13(4-2)10(15)12-11(9-14)5-7-16-8-6-11/h14H,3-9H2,1-2H3,(H,12,15). The Labute approximate surface area is 96.8 Å². The minimum Gasteiger partial charge on any atom is -0.394 e. The number of carbonyl (C=O) groups excluding carboxylic acids is 1. The van der Waals surface area contributed by atoms with Gasteiger partial charge in [0.1, 0.15) is 0 Å². The molecule has 0 aromatic rings. The van der Waals surface area contributed by atoms with Crippen molar-refractivity contribution in [3.8, 4) is 0 Å². The van der Waals surface area contributed by atoms with Gasteiger partial charge in [-0.1, -0.05) is 0 Å². The number of amides is 2. The van der Waals surface area contributed by atoms with Crippen molar-refractivity contribution in [3.05, 3.63) is 0 Å². The number of urea groups is 1. The summed E-state index contributed by atoms with van der Waals surface area (Å²) in [6.45, 7) is 6.42. The molecule has 2 N–H and O–H groups in total. The maximum atomic E-state index is 11.9. The smallest absolute Gasteiger partial charge is 0.317 e. The monoisotopic (exact) mass is 230 g/mol. The molecule has 5 nitrogen and oxygen atoms in total. The van der Waals surface area contributed by atoms with Crippen LogP contribution >= 0.6 is 0 Å². The molecule has 94 valence electrons. The van der Waals surface area contributed by atoms with Crippen LogP contribution in [0.25, 0.3) is 0 Å². The van der Waals surface area contributed by atoms with Crippen molar-refractivity contribution < 1.29 is 14.6 Å². The molecule has 1 aliphatic heterocycles. The van der Waals surface area contributed by atoms with E-state index in [4.69, 9.17) is 4.74 Å². The minimum atomic E-state index is -0.488. The Morgan fingerprint density at radius 2 is 1.94 bits per heavy atom. The molecule has 0 aromatic heterocycles. The largest absolute Gasteiger partial charge is 0.394 e. The van der Waals surface area contributed by atoms with Crippen molar-refractivity contribution in [2.24, 2.45) is 0 Å². The highest BCUT2D eigenvalue weighted by atomic mass is 16.5. The molecule has 1 rings (SSSR count). The van der Waals surface area contributed by atoms with Crippen molar-refractivity contribution in [1.82, 2.24) is 10.2 Å². The molecule has 16 heavy (non-hydrogen) atoms. The van der Waals surface area contributed by atoms with Gasteiger partial charge in [-0.25, -0.2) is 4.79 Å². The molecule has 0 atom stereocenters. The molecule has 1 aliphatic rings. The van der Waals surface area contributed by atoms with Crippen LogP contribution in [0.15, 0.2) is 0 Å². The van der Waals surface area contributed by atoms with Crippen molar-refractivity contribution in [2.45, 2.75) is 32.2 Å². The van der Waals surface area contributed by atoms with Crippen molar-refractivity contribution in [1.29, 1.82) is 0 Å². The number of aliphatic hydroxyl groups is 1. The zero-order valence-corrected chi connectivity index (χ0v) is 10.2. The number of aliphatic hydroxyl groups excluding tert-OH is 1. The van der Waals surface area contributed by atoms with Crippen molar-refractivity contribution in [3.63, 3.8) is 0 Å². The fourth-order valence-corrected chi connectivity index (χ4v) is 1.90. The van der Waals surface area contributed by atoms with Gasteiger partial charge in [0.15, 0.2) is 0 Å². The summed E-state index contributed by atoms with van der Waals surface area (Å²) in [6, 6.07) is -0.0963. The minimum absolute atomic E-state index is 0.0244. The van der Waals surface area contributed by atoms with E-state index in [1.807, 2.05) is 13.8 Å². The molecule has 0 unspecified atom stereocenters. The van der Waals surface area contributed by atoms with Crippen LogP contribution in [0.1, 0.15) is 26.7 Å². The van der Waals surface area contributed by atoms with E-state index in [-0.39, 0.29) is 12.6 Å². The number of hydrogen-bond acceptors (Lipinski definition) is 3. The van der Waals surface area contributed by atoms with Crippen LogP contribution in [0.4, 0.5) is 4.79 Å². The maximum Gasteiger partial charge on any atom is 0.317 e. The van der Waals surface area contributed by atoms with E-state index in [1.54, 1.807) is 4.90 Å². The fraction of sp³-hybridized carbons (Fsp3) is 0.909. The summed E-state index contributed by atoms with van der Waals surface area (Å²) < 4.78 is 5.25. The van der Waals surface area contributed by atoms with Crippen LogP contribution in [0.5, 0.6) is 0 Å². The molecule has 5 heteroatoms. The van der Waals surface area contributed by atoms with Gasteiger partial charge < -0.3 is 20.1 Å². The van der Waals surface area contributed by atoms with Gasteiger partial charge in [0.25, 0.3) is 0 Å². The van der Waals surface area contributed by atoms with Gasteiger partial charge in [-0.3, -0.25) is 0 Å². The molecule has 1 saturated heterocycles. The number of nitrogens with one attached hydrogen (secondary N) is 1. The highest BCUT2D eigenvalue weighted by Gasteiger charge is 2.34. The number of hydrogen-bond donors (Lipinski definition) is 2. The number of rotatable bonds is 4. The van der Waals surface area contributed by atoms with Crippen LogP contribution in [0.3, 0.4) is 0 Å². The zero-order chi connectivity index (χ0) is 12.0. The predicted octanol–water partition coefficient (Wildman–Crippen LogP) is 0.579. The Kier molecular flexibility index (Phi) is 5.02. The lowest BCUT2D eigenvalue weighted by Crippen LogP contribution is -2.57. The first-order chi connectivity index (χ1) is 7.67. The highest BCUT2D eigenvalue weighted by molar-refractivity contribution is 5.75. The first-order valence-electron chi connectivity index (χ1n) is 5.93. The topological polar surface area (TPSA) is 61.8 Å². The average Bonchev–Trinajstić information content (AvgIpc) is 2.32. The van der Waals surface area contributed by atoms with Gasteiger partial charge in [0, 0.05) is 26.3 Å². The van der Waals surface area contributed by atoms with E-state index in [9.17, 15) is 9.90 Å². The molecule has 0 aliphatic carbocycles. The summed E-state index contributed by atoms with van der Waals surface area (Å²) in [4.78, 5) is 13.6. The predicted molar refractivity (Wildman–Crippen MR) is 61.3 cm³/mol. The maximum absolute atomic E-state index is 11.9. The fourth-order valence-electron chi connectivity index (χ4n) is 1.90. The van der Waals surface area contributed by atoms with Gasteiger partial charge in [0.05, 0.1) is 12.1 Å². The third-order valence-corrected chi connectivity index (χ3v) is 3.18. The Hall–Kier alpha value is -0.810. The van der Waals surface area contributed by atoms with Crippen LogP contribution in [-0.4, -0.2) is 54.5 Å². The Morgan fingerprint density at radius 1 is 1.38 bits per heavy atom. The normalized spacial score (nSPS) is 19.2. The van der Waals surface area contributed by atoms with E-state index in [2.05, 4.69) is 5.32 Å². The Morgan fingerprint density at radius 3 is 2.38 bits per heavy atom. The van der Waals surface area contributed by atoms with E-state index in [0.29, 0.717) is 39.1 Å². The van der Waals surface area contributed by atoms with Gasteiger partial charge >= 0.3 is 6.03 Å². The lowest BCUT2D eigenvalue weighted by molar-refractivity contribution is 0.0150. The molecular weight excluding hydrogens is 208 g/mol. The molecule has 2 amide bonds. The lowest BCUT2D eigenvalue weighted by atomic mass is 9.91. The molecule has 1 fully saturated rings. The van der Waals surface area contributed by atoms with E-state index < -0.39 is 5.54 Å². The van der Waals surface area contributed by atoms with Gasteiger partial charge in [0.2, 0.25) is 0 Å². The lowest BCUT2D eigenvalue weighted by Gasteiger charge is -2.37. The second-order valence-corrected chi connectivity index (χ2v) is 4.15. The Balaban J connectivity index is 2.57. The van der Waals surface area contributed by atoms with Crippen molar-refractivity contribution >= 4 is 6.03 Å². The molecule has 0 bridgehead atoms. The summed E-state index contributed by atoms with van der Waals surface area (Å²) in [5.41, 5.74) is -0.488. The molecule has 1 heterocycles. The molecule has 0 aromatic carbocycles. The van der Waals surface area contributed by atoms with Gasteiger partial charge in [-0.2, -0.15) is 0 Å². The SMILES string of the molecule is CCN(CC)C(=O)NC1(CO)CCOCC1. The summed E-state index contributed by atoms with van der Waals surface area (Å²) in [7, 11) is 0. The number of carbonyl (C=O) groups is 1. The molecule has 0 saturated carbocycles. The summed E-state index contributed by atoms with van der Waals surface area (Å²) in [5.74, 6) is 0. The van der Waals surface area contributed by atoms with Crippen LogP contribution in [0, 0.1) is 0 Å². The highest BCUT2D eigenvalue weighted by Crippen LogP contribution is 2.20. The summed E-state index contributed by atoms with van der Waals surface area (Å²) in [5, 5.41) is 12.4. The Bertz CT molecular complexity index is 223. The number of nitrogens with zero attached hydrogens (tertiary/aromatic N) is 1. The second-order valence-electron chi connectivity index (χ2n) is 4.15. The average molecular weight is 230 g/mol. The van der Waals surface area contributed by atoms with Crippen LogP contribution < -0.4 is 5.32 Å². The first kappa shape index (κ1) is 13.3. The van der Waals surface area contributed by atoms with E-state index in [1.165, 1.54) is 0 Å². The zero-order valence-electron chi connectivity index (χ0n) is 10.2. The van der Waals surface area contributed by atoms with Crippen molar-refractivity contribution in [2.75, 3.05) is 32.9 Å². The summed E-state index contributed by atoms with van der Waals surface area (Å²) in [6.07, 6.45) is 1.35. The first-order valence-corrected chi connectivity index (χ1v) is 5.93.